The fraction of sp³-hybridized carbons (Fsp3) is 0.750. The van der Waals surface area contributed by atoms with Gasteiger partial charge in [-0.1, -0.05) is 6.42 Å². The molecule has 1 saturated heterocycles. The Morgan fingerprint density at radius 2 is 1.75 bits per heavy atom. The van der Waals surface area contributed by atoms with Crippen LogP contribution in [-0.2, 0) is 4.79 Å². The van der Waals surface area contributed by atoms with Crippen LogP contribution in [0.5, 0.6) is 12.0 Å². The Bertz CT molecular complexity index is 571. The van der Waals surface area contributed by atoms with Gasteiger partial charge in [-0.2, -0.15) is 9.97 Å². The Kier molecular flexibility index (Phi) is 5.01. The summed E-state index contributed by atoms with van der Waals surface area (Å²) in [5.41, 5.74) is 0. The smallest absolute Gasteiger partial charge is 0.324 e. The van der Waals surface area contributed by atoms with E-state index in [-0.39, 0.29) is 29.9 Å². The number of hydrogen-bond donors (Lipinski definition) is 0. The zero-order valence-electron chi connectivity index (χ0n) is 14.6. The van der Waals surface area contributed by atoms with Crippen LogP contribution in [0.4, 0.5) is 5.95 Å². The summed E-state index contributed by atoms with van der Waals surface area (Å²) in [6.07, 6.45) is 5.22. The van der Waals surface area contributed by atoms with Crippen molar-refractivity contribution in [2.45, 2.75) is 38.1 Å². The van der Waals surface area contributed by atoms with Crippen molar-refractivity contribution in [1.82, 2.24) is 19.9 Å². The molecule has 1 aliphatic heterocycles. The molecule has 1 amide bonds. The van der Waals surface area contributed by atoms with Crippen molar-refractivity contribution in [2.24, 2.45) is 5.92 Å². The first kappa shape index (κ1) is 16.7. The zero-order valence-corrected chi connectivity index (χ0v) is 14.6. The Balaban J connectivity index is 1.72. The van der Waals surface area contributed by atoms with E-state index < -0.39 is 0 Å². The standard InChI is InChI=1S/C16H25N5O3/c1-20(13(22)11-6-4-7-11)12-8-5-9-21(10-12)14-17-15(23-2)19-16(18-14)24-3/h11-12H,4-10H2,1-3H3. The van der Waals surface area contributed by atoms with Gasteiger partial charge in [-0.3, -0.25) is 4.79 Å². The molecule has 2 heterocycles. The maximum absolute atomic E-state index is 12.5. The zero-order chi connectivity index (χ0) is 17.1. The fourth-order valence-corrected chi connectivity index (χ4v) is 3.23. The van der Waals surface area contributed by atoms with Gasteiger partial charge in [0, 0.05) is 32.1 Å². The molecule has 1 aromatic rings. The van der Waals surface area contributed by atoms with Crippen molar-refractivity contribution < 1.29 is 14.3 Å². The largest absolute Gasteiger partial charge is 0.467 e. The molecule has 132 valence electrons. The molecule has 8 nitrogen and oxygen atoms in total. The molecule has 24 heavy (non-hydrogen) atoms. The number of amides is 1. The topological polar surface area (TPSA) is 80.7 Å². The highest BCUT2D eigenvalue weighted by Crippen LogP contribution is 2.30. The molecule has 2 fully saturated rings. The Morgan fingerprint density at radius 3 is 2.29 bits per heavy atom. The molecule has 0 radical (unpaired) electrons. The van der Waals surface area contributed by atoms with Crippen LogP contribution in [0.15, 0.2) is 0 Å². The van der Waals surface area contributed by atoms with Gasteiger partial charge in [-0.15, -0.1) is 4.98 Å². The van der Waals surface area contributed by atoms with Crippen molar-refractivity contribution in [2.75, 3.05) is 39.3 Å². The second-order valence-corrected chi connectivity index (χ2v) is 6.43. The lowest BCUT2D eigenvalue weighted by Crippen LogP contribution is -2.51. The third-order valence-corrected chi connectivity index (χ3v) is 4.98. The number of anilines is 1. The number of methoxy groups -OCH3 is 2. The first-order chi connectivity index (χ1) is 11.6. The number of piperidine rings is 1. The monoisotopic (exact) mass is 335 g/mol. The van der Waals surface area contributed by atoms with Gasteiger partial charge in [0.05, 0.1) is 14.2 Å². The second kappa shape index (κ2) is 7.19. The molecule has 0 aromatic carbocycles. The van der Waals surface area contributed by atoms with Gasteiger partial charge in [-0.25, -0.2) is 0 Å². The summed E-state index contributed by atoms with van der Waals surface area (Å²) in [6, 6.07) is 0.649. The highest BCUT2D eigenvalue weighted by Gasteiger charge is 2.33. The SMILES string of the molecule is COc1nc(OC)nc(N2CCCC(N(C)C(=O)C3CCC3)C2)n1. The molecule has 2 aliphatic rings. The molecule has 1 unspecified atom stereocenters. The van der Waals surface area contributed by atoms with Crippen molar-refractivity contribution in [3.63, 3.8) is 0 Å². The molecule has 1 aliphatic carbocycles. The van der Waals surface area contributed by atoms with E-state index in [4.69, 9.17) is 9.47 Å². The second-order valence-electron chi connectivity index (χ2n) is 6.43. The lowest BCUT2D eigenvalue weighted by atomic mass is 9.84. The normalized spacial score (nSPS) is 21.1. The number of aromatic nitrogens is 3. The number of carbonyl (C=O) groups is 1. The van der Waals surface area contributed by atoms with E-state index in [0.29, 0.717) is 12.5 Å². The average Bonchev–Trinajstić information content (AvgIpc) is 2.59. The minimum atomic E-state index is 0.181. The quantitative estimate of drug-likeness (QED) is 0.797. The highest BCUT2D eigenvalue weighted by atomic mass is 16.5. The molecule has 3 rings (SSSR count). The van der Waals surface area contributed by atoms with Gasteiger partial charge in [0.25, 0.3) is 0 Å². The molecule has 1 aromatic heterocycles. The minimum Gasteiger partial charge on any atom is -0.467 e. The van der Waals surface area contributed by atoms with Gasteiger partial charge >= 0.3 is 12.0 Å². The van der Waals surface area contributed by atoms with Crippen LogP contribution in [-0.4, -0.2) is 66.2 Å². The molecule has 0 N–H and O–H groups in total. The van der Waals surface area contributed by atoms with Crippen LogP contribution in [0.25, 0.3) is 0 Å². The van der Waals surface area contributed by atoms with Gasteiger partial charge in [0.1, 0.15) is 0 Å². The van der Waals surface area contributed by atoms with Crippen molar-refractivity contribution in [3.8, 4) is 12.0 Å². The third-order valence-electron chi connectivity index (χ3n) is 4.98. The maximum atomic E-state index is 12.5. The summed E-state index contributed by atoms with van der Waals surface area (Å²) >= 11 is 0. The minimum absolute atomic E-state index is 0.181. The molecule has 0 spiro atoms. The molecule has 1 atom stereocenters. The van der Waals surface area contributed by atoms with E-state index in [0.717, 1.165) is 32.2 Å². The number of rotatable bonds is 5. The van der Waals surface area contributed by atoms with Crippen LogP contribution in [0, 0.1) is 5.92 Å². The van der Waals surface area contributed by atoms with Crippen molar-refractivity contribution in [3.05, 3.63) is 0 Å². The number of ether oxygens (including phenoxy) is 2. The molecular formula is C16H25N5O3. The molecule has 8 heteroatoms. The predicted octanol–water partition coefficient (Wildman–Crippen LogP) is 1.12. The Hall–Kier alpha value is -2.12. The summed E-state index contributed by atoms with van der Waals surface area (Å²) < 4.78 is 10.2. The van der Waals surface area contributed by atoms with E-state index in [1.807, 2.05) is 11.9 Å². The summed E-state index contributed by atoms with van der Waals surface area (Å²) in [5, 5.41) is 0. The molecule has 1 saturated carbocycles. The van der Waals surface area contributed by atoms with E-state index in [2.05, 4.69) is 19.9 Å². The van der Waals surface area contributed by atoms with E-state index in [9.17, 15) is 4.79 Å². The predicted molar refractivity (Wildman–Crippen MR) is 88.3 cm³/mol. The average molecular weight is 335 g/mol. The van der Waals surface area contributed by atoms with E-state index >= 15 is 0 Å². The van der Waals surface area contributed by atoms with Gasteiger partial charge < -0.3 is 19.3 Å². The maximum Gasteiger partial charge on any atom is 0.324 e. The van der Waals surface area contributed by atoms with Crippen LogP contribution < -0.4 is 14.4 Å². The van der Waals surface area contributed by atoms with Gasteiger partial charge in [0.15, 0.2) is 0 Å². The lowest BCUT2D eigenvalue weighted by Gasteiger charge is -2.40. The third kappa shape index (κ3) is 3.37. The summed E-state index contributed by atoms with van der Waals surface area (Å²) in [4.78, 5) is 29.2. The van der Waals surface area contributed by atoms with Crippen LogP contribution in [0.1, 0.15) is 32.1 Å². The Morgan fingerprint density at radius 1 is 1.08 bits per heavy atom. The first-order valence-corrected chi connectivity index (χ1v) is 8.48. The van der Waals surface area contributed by atoms with E-state index in [1.165, 1.54) is 20.6 Å². The number of likely N-dealkylation sites (N-methyl/N-ethyl adjacent to an activating group) is 1. The molecular weight excluding hydrogens is 310 g/mol. The van der Waals surface area contributed by atoms with Crippen molar-refractivity contribution >= 4 is 11.9 Å². The van der Waals surface area contributed by atoms with Crippen LogP contribution in [0.3, 0.4) is 0 Å². The number of carbonyl (C=O) groups excluding carboxylic acids is 1. The first-order valence-electron chi connectivity index (χ1n) is 8.48. The van der Waals surface area contributed by atoms with Crippen LogP contribution in [0.2, 0.25) is 0 Å². The van der Waals surface area contributed by atoms with Crippen molar-refractivity contribution in [1.29, 1.82) is 0 Å². The number of hydrogen-bond acceptors (Lipinski definition) is 7. The van der Waals surface area contributed by atoms with E-state index in [1.54, 1.807) is 0 Å². The van der Waals surface area contributed by atoms with Gasteiger partial charge in [0.2, 0.25) is 11.9 Å². The molecule has 0 bridgehead atoms. The summed E-state index contributed by atoms with van der Waals surface area (Å²) in [7, 11) is 4.95. The van der Waals surface area contributed by atoms with Gasteiger partial charge in [-0.05, 0) is 25.7 Å². The van der Waals surface area contributed by atoms with Crippen LogP contribution >= 0.6 is 0 Å². The Labute approximate surface area is 142 Å². The fourth-order valence-electron chi connectivity index (χ4n) is 3.23. The highest BCUT2D eigenvalue weighted by molar-refractivity contribution is 5.79. The summed E-state index contributed by atoms with van der Waals surface area (Å²) in [6.45, 7) is 1.56. The summed E-state index contributed by atoms with van der Waals surface area (Å²) in [5.74, 6) is 1.04. The lowest BCUT2D eigenvalue weighted by molar-refractivity contribution is -0.139. The number of nitrogens with zero attached hydrogens (tertiary/aromatic N) is 5.